The zero-order chi connectivity index (χ0) is 15.7. The van der Waals surface area contributed by atoms with E-state index in [4.69, 9.17) is 10.4 Å². The summed E-state index contributed by atoms with van der Waals surface area (Å²) >= 11 is 0. The van der Waals surface area contributed by atoms with Crippen molar-refractivity contribution in [3.05, 3.63) is 35.4 Å². The maximum atomic E-state index is 13.0. The molecule has 21 heavy (non-hydrogen) atoms. The highest BCUT2D eigenvalue weighted by Gasteiger charge is 2.63. The number of rotatable bonds is 3. The number of aliphatic carboxylic acids is 1. The van der Waals surface area contributed by atoms with E-state index in [2.05, 4.69) is 0 Å². The highest BCUT2D eigenvalue weighted by Crippen LogP contribution is 2.45. The Balaban J connectivity index is 2.11. The smallest absolute Gasteiger partial charge is 0.406 e. The van der Waals surface area contributed by atoms with E-state index in [0.29, 0.717) is 5.56 Å². The highest BCUT2D eigenvalue weighted by atomic mass is 19.4. The average Bonchev–Trinajstić information content (AvgIpc) is 2.84. The summed E-state index contributed by atoms with van der Waals surface area (Å²) in [5.74, 6) is -1.82. The molecule has 0 bridgehead atoms. The molecule has 1 N–H and O–H groups in total. The van der Waals surface area contributed by atoms with Gasteiger partial charge in [-0.3, -0.25) is 9.69 Å². The van der Waals surface area contributed by atoms with Crippen molar-refractivity contribution in [2.75, 3.05) is 13.1 Å². The van der Waals surface area contributed by atoms with Gasteiger partial charge in [-0.05, 0) is 24.1 Å². The van der Waals surface area contributed by atoms with Crippen molar-refractivity contribution in [1.29, 1.82) is 5.26 Å². The Kier molecular flexibility index (Phi) is 3.92. The number of hydrogen-bond acceptors (Lipinski definition) is 3. The highest BCUT2D eigenvalue weighted by molar-refractivity contribution is 5.76. The van der Waals surface area contributed by atoms with Gasteiger partial charge in [-0.2, -0.15) is 18.4 Å². The molecule has 1 heterocycles. The van der Waals surface area contributed by atoms with Gasteiger partial charge in [0.05, 0.1) is 11.6 Å². The molecule has 1 unspecified atom stereocenters. The Morgan fingerprint density at radius 2 is 2.00 bits per heavy atom. The van der Waals surface area contributed by atoms with E-state index in [1.165, 1.54) is 4.90 Å². The molecule has 0 saturated carbocycles. The summed E-state index contributed by atoms with van der Waals surface area (Å²) in [5, 5.41) is 17.7. The van der Waals surface area contributed by atoms with E-state index >= 15 is 0 Å². The number of nitrogens with zero attached hydrogens (tertiary/aromatic N) is 2. The molecule has 2 rings (SSSR count). The van der Waals surface area contributed by atoms with Gasteiger partial charge in [-0.1, -0.05) is 12.1 Å². The van der Waals surface area contributed by atoms with Crippen LogP contribution in [0.2, 0.25) is 0 Å². The number of carboxylic acids is 1. The van der Waals surface area contributed by atoms with Crippen molar-refractivity contribution < 1.29 is 23.1 Å². The van der Waals surface area contributed by atoms with Crippen LogP contribution in [0.3, 0.4) is 0 Å². The molecule has 1 aliphatic rings. The first kappa shape index (κ1) is 15.3. The van der Waals surface area contributed by atoms with Gasteiger partial charge in [0.15, 0.2) is 5.41 Å². The fourth-order valence-electron chi connectivity index (χ4n) is 2.49. The van der Waals surface area contributed by atoms with Crippen LogP contribution >= 0.6 is 0 Å². The minimum atomic E-state index is -4.77. The largest absolute Gasteiger partial charge is 0.481 e. The van der Waals surface area contributed by atoms with E-state index in [0.717, 1.165) is 5.56 Å². The topological polar surface area (TPSA) is 64.3 Å². The molecular weight excluding hydrogens is 285 g/mol. The zero-order valence-electron chi connectivity index (χ0n) is 11.0. The summed E-state index contributed by atoms with van der Waals surface area (Å²) in [5.41, 5.74) is -1.47. The molecule has 4 nitrogen and oxygen atoms in total. The lowest BCUT2D eigenvalue weighted by Gasteiger charge is -2.27. The van der Waals surface area contributed by atoms with Gasteiger partial charge < -0.3 is 5.11 Å². The number of carbonyl (C=O) groups is 1. The first-order chi connectivity index (χ1) is 9.78. The molecule has 1 saturated heterocycles. The first-order valence-electron chi connectivity index (χ1n) is 6.30. The number of nitriles is 1. The fraction of sp³-hybridized carbons (Fsp3) is 0.429. The molecule has 1 aliphatic heterocycles. The lowest BCUT2D eigenvalue weighted by molar-refractivity contribution is -0.227. The van der Waals surface area contributed by atoms with Crippen molar-refractivity contribution in [2.45, 2.75) is 19.1 Å². The van der Waals surface area contributed by atoms with Gasteiger partial charge in [0.1, 0.15) is 0 Å². The summed E-state index contributed by atoms with van der Waals surface area (Å²) in [7, 11) is 0. The van der Waals surface area contributed by atoms with Crippen LogP contribution in [-0.4, -0.2) is 35.2 Å². The van der Waals surface area contributed by atoms with Gasteiger partial charge >= 0.3 is 12.1 Å². The van der Waals surface area contributed by atoms with Gasteiger partial charge in [0.25, 0.3) is 0 Å². The summed E-state index contributed by atoms with van der Waals surface area (Å²) in [4.78, 5) is 12.5. The standard InChI is InChI=1S/C14H13F3N2O2/c15-14(16,17)13(12(20)21)5-6-19(9-13)8-11-3-1-10(7-18)2-4-11/h1-4H,5-6,8-9H2,(H,20,21). The first-order valence-corrected chi connectivity index (χ1v) is 6.30. The van der Waals surface area contributed by atoms with Gasteiger partial charge in [-0.15, -0.1) is 0 Å². The SMILES string of the molecule is N#Cc1ccc(CN2CCC(C(=O)O)(C(F)(F)F)C2)cc1. The summed E-state index contributed by atoms with van der Waals surface area (Å²) in [6.07, 6.45) is -5.21. The van der Waals surface area contributed by atoms with E-state index < -0.39 is 30.5 Å². The predicted molar refractivity (Wildman–Crippen MR) is 67.2 cm³/mol. The minimum absolute atomic E-state index is 0.0752. The monoisotopic (exact) mass is 298 g/mol. The normalized spacial score (nSPS) is 23.0. The second kappa shape index (κ2) is 5.37. The lowest BCUT2D eigenvalue weighted by Crippen LogP contribution is -2.47. The van der Waals surface area contributed by atoms with Crippen molar-refractivity contribution in [1.82, 2.24) is 4.90 Å². The van der Waals surface area contributed by atoms with Crippen LogP contribution in [0.25, 0.3) is 0 Å². The third-order valence-electron chi connectivity index (χ3n) is 3.79. The Morgan fingerprint density at radius 3 is 2.43 bits per heavy atom. The number of likely N-dealkylation sites (tertiary alicyclic amines) is 1. The van der Waals surface area contributed by atoms with Gasteiger partial charge in [0.2, 0.25) is 0 Å². The number of hydrogen-bond donors (Lipinski definition) is 1. The van der Waals surface area contributed by atoms with Crippen molar-refractivity contribution in [3.8, 4) is 6.07 Å². The molecule has 0 amide bonds. The molecule has 0 radical (unpaired) electrons. The Morgan fingerprint density at radius 1 is 1.38 bits per heavy atom. The quantitative estimate of drug-likeness (QED) is 0.930. The van der Waals surface area contributed by atoms with Crippen LogP contribution in [0, 0.1) is 16.7 Å². The Labute approximate surface area is 119 Å². The fourth-order valence-corrected chi connectivity index (χ4v) is 2.49. The molecule has 1 aromatic carbocycles. The van der Waals surface area contributed by atoms with E-state index in [1.54, 1.807) is 24.3 Å². The molecule has 0 aromatic heterocycles. The molecule has 0 spiro atoms. The zero-order valence-corrected chi connectivity index (χ0v) is 11.0. The third-order valence-corrected chi connectivity index (χ3v) is 3.79. The summed E-state index contributed by atoms with van der Waals surface area (Å²) in [6, 6.07) is 8.44. The summed E-state index contributed by atoms with van der Waals surface area (Å²) < 4.78 is 39.1. The second-order valence-electron chi connectivity index (χ2n) is 5.15. The van der Waals surface area contributed by atoms with Crippen LogP contribution in [-0.2, 0) is 11.3 Å². The molecule has 0 aliphatic carbocycles. The van der Waals surface area contributed by atoms with Gasteiger partial charge in [-0.25, -0.2) is 0 Å². The van der Waals surface area contributed by atoms with Crippen LogP contribution in [0.15, 0.2) is 24.3 Å². The van der Waals surface area contributed by atoms with Crippen molar-refractivity contribution in [3.63, 3.8) is 0 Å². The number of benzene rings is 1. The Hall–Kier alpha value is -2.07. The maximum Gasteiger partial charge on any atom is 0.406 e. The van der Waals surface area contributed by atoms with Crippen molar-refractivity contribution in [2.24, 2.45) is 5.41 Å². The Bertz CT molecular complexity index is 577. The van der Waals surface area contributed by atoms with E-state index in [-0.39, 0.29) is 13.1 Å². The van der Waals surface area contributed by atoms with E-state index in [1.807, 2.05) is 6.07 Å². The van der Waals surface area contributed by atoms with Crippen LogP contribution in [0.5, 0.6) is 0 Å². The third kappa shape index (κ3) is 2.85. The lowest BCUT2D eigenvalue weighted by atomic mass is 9.86. The van der Waals surface area contributed by atoms with E-state index in [9.17, 15) is 18.0 Å². The predicted octanol–water partition coefficient (Wildman–Crippen LogP) is 2.40. The molecule has 112 valence electrons. The summed E-state index contributed by atoms with van der Waals surface area (Å²) in [6.45, 7) is -0.242. The number of carboxylic acid groups (broad SMARTS) is 1. The van der Waals surface area contributed by atoms with Gasteiger partial charge in [0, 0.05) is 19.6 Å². The molecule has 1 atom stereocenters. The molecular formula is C14H13F3N2O2. The second-order valence-corrected chi connectivity index (χ2v) is 5.15. The van der Waals surface area contributed by atoms with Crippen LogP contribution in [0.4, 0.5) is 13.2 Å². The van der Waals surface area contributed by atoms with Crippen LogP contribution in [0.1, 0.15) is 17.5 Å². The molecule has 1 aromatic rings. The number of alkyl halides is 3. The molecule has 1 fully saturated rings. The number of halogens is 3. The minimum Gasteiger partial charge on any atom is -0.481 e. The average molecular weight is 298 g/mol. The maximum absolute atomic E-state index is 13.0. The van der Waals surface area contributed by atoms with Crippen LogP contribution < -0.4 is 0 Å². The molecule has 7 heteroatoms. The van der Waals surface area contributed by atoms with Crippen molar-refractivity contribution >= 4 is 5.97 Å².